The van der Waals surface area contributed by atoms with Gasteiger partial charge in [-0.3, -0.25) is 4.98 Å². The summed E-state index contributed by atoms with van der Waals surface area (Å²) >= 11 is 0. The smallest absolute Gasteiger partial charge is 0.378 e. The number of halogens is 1. The average molecular weight is 383 g/mol. The van der Waals surface area contributed by atoms with Crippen molar-refractivity contribution in [3.63, 3.8) is 0 Å². The third kappa shape index (κ3) is 3.03. The molecule has 0 saturated heterocycles. The highest BCUT2D eigenvalue weighted by Gasteiger charge is 2.48. The van der Waals surface area contributed by atoms with E-state index in [9.17, 15) is 19.4 Å². The quantitative estimate of drug-likeness (QED) is 0.726. The lowest BCUT2D eigenvalue weighted by Crippen LogP contribution is -2.26. The van der Waals surface area contributed by atoms with Crippen LogP contribution in [0, 0.1) is 5.82 Å². The van der Waals surface area contributed by atoms with Gasteiger partial charge in [0.05, 0.1) is 0 Å². The van der Waals surface area contributed by atoms with Crippen molar-refractivity contribution in [3.8, 4) is 11.1 Å². The van der Waals surface area contributed by atoms with Gasteiger partial charge in [-0.05, 0) is 48.9 Å². The highest BCUT2D eigenvalue weighted by molar-refractivity contribution is 5.90. The van der Waals surface area contributed by atoms with Crippen molar-refractivity contribution in [2.45, 2.75) is 50.5 Å². The van der Waals surface area contributed by atoms with E-state index in [4.69, 9.17) is 4.74 Å². The lowest BCUT2D eigenvalue weighted by molar-refractivity contribution is -0.149. The van der Waals surface area contributed by atoms with Crippen LogP contribution in [0.5, 0.6) is 0 Å². The molecule has 2 aliphatic rings. The molecule has 0 spiro atoms. The second-order valence-corrected chi connectivity index (χ2v) is 7.66. The van der Waals surface area contributed by atoms with E-state index >= 15 is 0 Å². The van der Waals surface area contributed by atoms with E-state index in [-0.39, 0.29) is 5.56 Å². The number of carbonyl (C=O) groups is 1. The van der Waals surface area contributed by atoms with E-state index in [0.29, 0.717) is 11.5 Å². The Morgan fingerprint density at radius 3 is 2.50 bits per heavy atom. The maximum atomic E-state index is 14.9. The van der Waals surface area contributed by atoms with Gasteiger partial charge in [-0.15, -0.1) is 0 Å². The minimum Gasteiger partial charge on any atom is -0.505 e. The van der Waals surface area contributed by atoms with Crippen LogP contribution in [0.15, 0.2) is 48.2 Å². The molecule has 1 aliphatic carbocycles. The summed E-state index contributed by atoms with van der Waals surface area (Å²) in [4.78, 5) is 15.9. The van der Waals surface area contributed by atoms with Gasteiger partial charge >= 0.3 is 5.97 Å². The van der Waals surface area contributed by atoms with E-state index < -0.39 is 28.9 Å². The predicted octanol–water partition coefficient (Wildman–Crippen LogP) is 5.04. The Labute approximate surface area is 162 Å². The van der Waals surface area contributed by atoms with Crippen LogP contribution in [0.2, 0.25) is 0 Å². The molecular weight excluding hydrogens is 361 g/mol. The number of aliphatic hydroxyl groups is 2. The molecule has 2 N–H and O–H groups in total. The second-order valence-electron chi connectivity index (χ2n) is 7.66. The highest BCUT2D eigenvalue weighted by atomic mass is 19.1. The summed E-state index contributed by atoms with van der Waals surface area (Å²) in [7, 11) is 0. The number of carbonyl (C=O) groups excluding carboxylic acids is 1. The number of hydrogen-bond acceptors (Lipinski definition) is 5. The first-order valence-electron chi connectivity index (χ1n) is 9.51. The fraction of sp³-hybridized carbons (Fsp3) is 0.364. The van der Waals surface area contributed by atoms with Crippen molar-refractivity contribution < 1.29 is 24.1 Å². The SMILES string of the molecule is CC1(c2ccc(-c3cncc(C4CCCCC4)c3)cc2F)OC(=O)C(O)=C1O. The number of hydrogen-bond donors (Lipinski definition) is 2. The molecule has 1 saturated carbocycles. The molecular formula is C22H22FNO4. The summed E-state index contributed by atoms with van der Waals surface area (Å²) in [6, 6.07) is 6.54. The number of ether oxygens (including phenoxy) is 1. The molecule has 1 fully saturated rings. The summed E-state index contributed by atoms with van der Waals surface area (Å²) in [5.41, 5.74) is 0.856. The van der Waals surface area contributed by atoms with Crippen LogP contribution in [0.1, 0.15) is 56.1 Å². The highest BCUT2D eigenvalue weighted by Crippen LogP contribution is 2.41. The number of nitrogens with zero attached hydrogens (tertiary/aromatic N) is 1. The van der Waals surface area contributed by atoms with Crippen molar-refractivity contribution >= 4 is 5.97 Å². The van der Waals surface area contributed by atoms with Crippen LogP contribution in [0.3, 0.4) is 0 Å². The molecule has 28 heavy (non-hydrogen) atoms. The molecule has 0 radical (unpaired) electrons. The number of rotatable bonds is 3. The van der Waals surface area contributed by atoms with E-state index in [2.05, 4.69) is 11.1 Å². The molecule has 146 valence electrons. The number of aliphatic hydroxyl groups excluding tert-OH is 2. The van der Waals surface area contributed by atoms with E-state index in [0.717, 1.165) is 18.4 Å². The van der Waals surface area contributed by atoms with Gasteiger partial charge in [0.1, 0.15) is 5.82 Å². The van der Waals surface area contributed by atoms with Crippen molar-refractivity contribution in [1.82, 2.24) is 4.98 Å². The zero-order valence-electron chi connectivity index (χ0n) is 15.6. The first-order valence-corrected chi connectivity index (χ1v) is 9.51. The largest absolute Gasteiger partial charge is 0.505 e. The average Bonchev–Trinajstić information content (AvgIpc) is 2.92. The first-order chi connectivity index (χ1) is 13.4. The molecule has 0 amide bonds. The Bertz CT molecular complexity index is 965. The zero-order valence-corrected chi connectivity index (χ0v) is 15.6. The van der Waals surface area contributed by atoms with Crippen molar-refractivity contribution in [1.29, 1.82) is 0 Å². The third-order valence-corrected chi connectivity index (χ3v) is 5.82. The van der Waals surface area contributed by atoms with Gasteiger partial charge in [-0.1, -0.05) is 31.4 Å². The summed E-state index contributed by atoms with van der Waals surface area (Å²) in [6.07, 6.45) is 9.60. The lowest BCUT2D eigenvalue weighted by atomic mass is 9.84. The van der Waals surface area contributed by atoms with Crippen molar-refractivity contribution in [2.75, 3.05) is 0 Å². The number of aromatic nitrogens is 1. The standard InChI is InChI=1S/C22H22FNO4/c1-22(20(26)19(25)21(27)28-22)17-8-7-14(10-18(17)23)16-9-15(11-24-12-16)13-5-3-2-4-6-13/h7-13,25-26H,2-6H2,1H3. The number of pyridine rings is 1. The van der Waals surface area contributed by atoms with Crippen LogP contribution in [-0.2, 0) is 15.1 Å². The van der Waals surface area contributed by atoms with Gasteiger partial charge in [0.2, 0.25) is 5.76 Å². The van der Waals surface area contributed by atoms with Gasteiger partial charge in [0.25, 0.3) is 0 Å². The van der Waals surface area contributed by atoms with Gasteiger partial charge in [-0.25, -0.2) is 9.18 Å². The Morgan fingerprint density at radius 2 is 1.86 bits per heavy atom. The summed E-state index contributed by atoms with van der Waals surface area (Å²) in [6.45, 7) is 1.34. The van der Waals surface area contributed by atoms with Gasteiger partial charge in [0.15, 0.2) is 11.4 Å². The Hall–Kier alpha value is -2.89. The van der Waals surface area contributed by atoms with Crippen LogP contribution in [0.25, 0.3) is 11.1 Å². The number of esters is 1. The number of cyclic esters (lactones) is 1. The predicted molar refractivity (Wildman–Crippen MR) is 101 cm³/mol. The Morgan fingerprint density at radius 1 is 1.11 bits per heavy atom. The first kappa shape index (κ1) is 18.5. The monoisotopic (exact) mass is 383 g/mol. The molecule has 1 atom stereocenters. The van der Waals surface area contributed by atoms with Gasteiger partial charge < -0.3 is 14.9 Å². The number of benzene rings is 1. The maximum Gasteiger partial charge on any atom is 0.378 e. The zero-order chi connectivity index (χ0) is 19.9. The fourth-order valence-corrected chi connectivity index (χ4v) is 4.14. The summed E-state index contributed by atoms with van der Waals surface area (Å²) in [5.74, 6) is -2.81. The summed E-state index contributed by atoms with van der Waals surface area (Å²) < 4.78 is 19.9. The van der Waals surface area contributed by atoms with E-state index in [1.165, 1.54) is 43.9 Å². The maximum absolute atomic E-state index is 14.9. The van der Waals surface area contributed by atoms with Gasteiger partial charge in [-0.2, -0.15) is 0 Å². The fourth-order valence-electron chi connectivity index (χ4n) is 4.14. The molecule has 1 aromatic heterocycles. The molecule has 5 nitrogen and oxygen atoms in total. The topological polar surface area (TPSA) is 79.7 Å². The van der Waals surface area contributed by atoms with Crippen LogP contribution < -0.4 is 0 Å². The van der Waals surface area contributed by atoms with Crippen LogP contribution in [-0.4, -0.2) is 21.2 Å². The second kappa shape index (κ2) is 6.93. The molecule has 2 aromatic rings. The van der Waals surface area contributed by atoms with Crippen molar-refractivity contribution in [3.05, 3.63) is 65.1 Å². The van der Waals surface area contributed by atoms with E-state index in [1.54, 1.807) is 12.3 Å². The molecule has 1 aromatic carbocycles. The van der Waals surface area contributed by atoms with E-state index in [1.807, 2.05) is 6.20 Å². The lowest BCUT2D eigenvalue weighted by Gasteiger charge is -2.24. The molecule has 1 aliphatic heterocycles. The molecule has 6 heteroatoms. The normalized spacial score (nSPS) is 23.1. The van der Waals surface area contributed by atoms with Crippen molar-refractivity contribution in [2.24, 2.45) is 0 Å². The molecule has 2 heterocycles. The Balaban J connectivity index is 1.67. The molecule has 0 bridgehead atoms. The van der Waals surface area contributed by atoms with Crippen LogP contribution >= 0.6 is 0 Å². The molecule has 4 rings (SSSR count). The minimum atomic E-state index is -1.74. The van der Waals surface area contributed by atoms with Crippen LogP contribution in [0.4, 0.5) is 4.39 Å². The Kier molecular flexibility index (Phi) is 4.57. The molecule has 1 unspecified atom stereocenters. The minimum absolute atomic E-state index is 0.0254. The third-order valence-electron chi connectivity index (χ3n) is 5.82. The van der Waals surface area contributed by atoms with Gasteiger partial charge in [0, 0.05) is 23.5 Å². The summed E-state index contributed by atoms with van der Waals surface area (Å²) in [5, 5.41) is 19.6.